The molecule has 1 aromatic rings. The predicted octanol–water partition coefficient (Wildman–Crippen LogP) is 1.46. The number of nitrogens with zero attached hydrogens (tertiary/aromatic N) is 1. The Bertz CT molecular complexity index is 516. The van der Waals surface area contributed by atoms with Crippen molar-refractivity contribution in [2.75, 3.05) is 31.6 Å². The molecule has 1 N–H and O–H groups in total. The van der Waals surface area contributed by atoms with Crippen molar-refractivity contribution in [3.63, 3.8) is 0 Å². The molecule has 1 fully saturated rings. The first-order valence-corrected chi connectivity index (χ1v) is 9.03. The van der Waals surface area contributed by atoms with Crippen molar-refractivity contribution in [2.45, 2.75) is 25.4 Å². The summed E-state index contributed by atoms with van der Waals surface area (Å²) >= 11 is 0. The molecule has 5 heteroatoms. The van der Waals surface area contributed by atoms with Crippen LogP contribution in [0.4, 0.5) is 0 Å². The van der Waals surface area contributed by atoms with Gasteiger partial charge in [0.2, 0.25) is 0 Å². The zero-order valence-corrected chi connectivity index (χ0v) is 13.1. The van der Waals surface area contributed by atoms with Gasteiger partial charge in [0, 0.05) is 18.6 Å². The van der Waals surface area contributed by atoms with Gasteiger partial charge >= 0.3 is 0 Å². The van der Waals surface area contributed by atoms with E-state index in [1.54, 1.807) is 0 Å². The molecule has 0 aliphatic carbocycles. The number of rotatable bonds is 6. The van der Waals surface area contributed by atoms with Gasteiger partial charge in [-0.15, -0.1) is 0 Å². The third-order valence-corrected chi connectivity index (χ3v) is 5.80. The van der Waals surface area contributed by atoms with Gasteiger partial charge in [0.25, 0.3) is 0 Å². The average molecular weight is 296 g/mol. The van der Waals surface area contributed by atoms with Crippen LogP contribution in [0.2, 0.25) is 0 Å². The van der Waals surface area contributed by atoms with Crippen molar-refractivity contribution < 1.29 is 8.42 Å². The highest BCUT2D eigenvalue weighted by Crippen LogP contribution is 2.26. The Morgan fingerprint density at radius 1 is 1.35 bits per heavy atom. The molecule has 0 saturated carbocycles. The minimum absolute atomic E-state index is 0.129. The van der Waals surface area contributed by atoms with E-state index in [-0.39, 0.29) is 12.1 Å². The number of likely N-dealkylation sites (N-methyl/N-ethyl adjacent to an activating group) is 2. The first kappa shape index (κ1) is 15.5. The summed E-state index contributed by atoms with van der Waals surface area (Å²) in [6.07, 6.45) is 0.744. The molecule has 1 aliphatic rings. The summed E-state index contributed by atoms with van der Waals surface area (Å²) in [5.41, 5.74) is 1.24. The standard InChI is InChI=1S/C15H24N2O2S/c1-3-16-11-15(13-7-5-4-6-8-13)17(2)14-9-10-20(18,19)12-14/h4-8,14-16H,3,9-12H2,1-2H3. The van der Waals surface area contributed by atoms with Crippen LogP contribution in [-0.4, -0.2) is 51.0 Å². The molecule has 2 rings (SSSR count). The van der Waals surface area contributed by atoms with E-state index in [4.69, 9.17) is 0 Å². The molecule has 1 aromatic carbocycles. The Labute approximate surface area is 122 Å². The van der Waals surface area contributed by atoms with Crippen LogP contribution in [0.1, 0.15) is 24.9 Å². The van der Waals surface area contributed by atoms with Crippen LogP contribution in [0.25, 0.3) is 0 Å². The van der Waals surface area contributed by atoms with Gasteiger partial charge in [-0.1, -0.05) is 37.3 Å². The highest BCUT2D eigenvalue weighted by molar-refractivity contribution is 7.91. The third-order valence-electron chi connectivity index (χ3n) is 4.05. The molecule has 4 nitrogen and oxygen atoms in total. The average Bonchev–Trinajstić information content (AvgIpc) is 2.80. The second kappa shape index (κ2) is 6.70. The zero-order valence-electron chi connectivity index (χ0n) is 12.2. The second-order valence-corrected chi connectivity index (χ2v) is 7.69. The summed E-state index contributed by atoms with van der Waals surface area (Å²) in [4.78, 5) is 2.22. The molecule has 2 atom stereocenters. The first-order chi connectivity index (χ1) is 9.53. The van der Waals surface area contributed by atoms with Crippen molar-refractivity contribution in [3.8, 4) is 0 Å². The summed E-state index contributed by atoms with van der Waals surface area (Å²) in [6.45, 7) is 3.84. The topological polar surface area (TPSA) is 49.4 Å². The molecule has 0 spiro atoms. The van der Waals surface area contributed by atoms with Crippen molar-refractivity contribution in [1.29, 1.82) is 0 Å². The molecular formula is C15H24N2O2S. The Morgan fingerprint density at radius 2 is 2.05 bits per heavy atom. The van der Waals surface area contributed by atoms with Gasteiger partial charge in [0.15, 0.2) is 9.84 Å². The van der Waals surface area contributed by atoms with E-state index in [2.05, 4.69) is 29.3 Å². The summed E-state index contributed by atoms with van der Waals surface area (Å²) < 4.78 is 23.4. The molecule has 2 unspecified atom stereocenters. The maximum absolute atomic E-state index is 11.7. The van der Waals surface area contributed by atoms with Crippen LogP contribution in [0.15, 0.2) is 30.3 Å². The Morgan fingerprint density at radius 3 is 2.60 bits per heavy atom. The molecule has 1 heterocycles. The van der Waals surface area contributed by atoms with Crippen molar-refractivity contribution in [3.05, 3.63) is 35.9 Å². The van der Waals surface area contributed by atoms with Crippen molar-refractivity contribution in [1.82, 2.24) is 10.2 Å². The monoisotopic (exact) mass is 296 g/mol. The number of nitrogens with one attached hydrogen (secondary N) is 1. The zero-order chi connectivity index (χ0) is 14.6. The largest absolute Gasteiger partial charge is 0.315 e. The Kier molecular flexibility index (Phi) is 5.18. The van der Waals surface area contributed by atoms with Crippen molar-refractivity contribution in [2.24, 2.45) is 0 Å². The predicted molar refractivity (Wildman–Crippen MR) is 82.5 cm³/mol. The first-order valence-electron chi connectivity index (χ1n) is 7.21. The number of sulfone groups is 1. The molecule has 0 amide bonds. The molecule has 1 saturated heterocycles. The number of hydrogen-bond acceptors (Lipinski definition) is 4. The van der Waals surface area contributed by atoms with Crippen LogP contribution >= 0.6 is 0 Å². The lowest BCUT2D eigenvalue weighted by Gasteiger charge is -2.33. The molecule has 112 valence electrons. The van der Waals surface area contributed by atoms with Crippen LogP contribution in [0, 0.1) is 0 Å². The summed E-state index contributed by atoms with van der Waals surface area (Å²) in [5.74, 6) is 0.615. The maximum Gasteiger partial charge on any atom is 0.151 e. The minimum atomic E-state index is -2.84. The fourth-order valence-corrected chi connectivity index (χ4v) is 4.59. The fraction of sp³-hybridized carbons (Fsp3) is 0.600. The SMILES string of the molecule is CCNCC(c1ccccc1)N(C)C1CCS(=O)(=O)C1. The molecule has 1 aliphatic heterocycles. The van der Waals surface area contributed by atoms with Gasteiger partial charge < -0.3 is 5.32 Å². The van der Waals surface area contributed by atoms with Crippen LogP contribution < -0.4 is 5.32 Å². The lowest BCUT2D eigenvalue weighted by Crippen LogP contribution is -2.40. The maximum atomic E-state index is 11.7. The molecule has 0 bridgehead atoms. The van der Waals surface area contributed by atoms with E-state index in [0.29, 0.717) is 11.5 Å². The smallest absolute Gasteiger partial charge is 0.151 e. The highest BCUT2D eigenvalue weighted by Gasteiger charge is 2.33. The fourth-order valence-electron chi connectivity index (χ4n) is 2.80. The summed E-state index contributed by atoms with van der Waals surface area (Å²) in [5, 5.41) is 3.38. The van der Waals surface area contributed by atoms with Gasteiger partial charge in [-0.2, -0.15) is 0 Å². The minimum Gasteiger partial charge on any atom is -0.315 e. The van der Waals surface area contributed by atoms with E-state index in [1.807, 2.05) is 25.2 Å². The van der Waals surface area contributed by atoms with Crippen LogP contribution in [0.3, 0.4) is 0 Å². The van der Waals surface area contributed by atoms with E-state index in [0.717, 1.165) is 19.5 Å². The van der Waals surface area contributed by atoms with Gasteiger partial charge in [0.05, 0.1) is 11.5 Å². The molecule has 20 heavy (non-hydrogen) atoms. The van der Waals surface area contributed by atoms with Crippen LogP contribution in [0.5, 0.6) is 0 Å². The van der Waals surface area contributed by atoms with Gasteiger partial charge in [0.1, 0.15) is 0 Å². The molecular weight excluding hydrogens is 272 g/mol. The quantitative estimate of drug-likeness (QED) is 0.863. The van der Waals surface area contributed by atoms with E-state index >= 15 is 0 Å². The number of benzene rings is 1. The Balaban J connectivity index is 2.14. The van der Waals surface area contributed by atoms with E-state index in [1.165, 1.54) is 5.56 Å². The second-order valence-electron chi connectivity index (χ2n) is 5.46. The van der Waals surface area contributed by atoms with E-state index < -0.39 is 9.84 Å². The van der Waals surface area contributed by atoms with Crippen molar-refractivity contribution >= 4 is 9.84 Å². The summed E-state index contributed by atoms with van der Waals surface area (Å²) in [6, 6.07) is 10.6. The van der Waals surface area contributed by atoms with Gasteiger partial charge in [-0.25, -0.2) is 8.42 Å². The lowest BCUT2D eigenvalue weighted by molar-refractivity contribution is 0.184. The van der Waals surface area contributed by atoms with Gasteiger partial charge in [-0.3, -0.25) is 4.90 Å². The molecule has 0 aromatic heterocycles. The van der Waals surface area contributed by atoms with Gasteiger partial charge in [-0.05, 0) is 25.6 Å². The van der Waals surface area contributed by atoms with Crippen LogP contribution in [-0.2, 0) is 9.84 Å². The third kappa shape index (κ3) is 3.81. The summed E-state index contributed by atoms with van der Waals surface area (Å²) in [7, 11) is -0.797. The van der Waals surface area contributed by atoms with E-state index in [9.17, 15) is 8.42 Å². The Hall–Kier alpha value is -0.910. The highest BCUT2D eigenvalue weighted by atomic mass is 32.2. The number of hydrogen-bond donors (Lipinski definition) is 1. The lowest BCUT2D eigenvalue weighted by atomic mass is 10.0. The normalized spacial score (nSPS) is 23.1. The molecule has 0 radical (unpaired) electrons.